The Bertz CT molecular complexity index is 717. The average Bonchev–Trinajstić information content (AvgIpc) is 2.62. The zero-order valence-electron chi connectivity index (χ0n) is 13.9. The minimum absolute atomic E-state index is 0.717. The number of carbonyl (C=O) groups excluding carboxylic acids is 2. The molecule has 0 aliphatic rings. The second-order valence-electron chi connectivity index (χ2n) is 5.22. The predicted molar refractivity (Wildman–Crippen MR) is 96.0 cm³/mol. The van der Waals surface area contributed by atoms with E-state index in [9.17, 15) is 9.59 Å². The molecule has 0 aromatic heterocycles. The average molecular weight is 323 g/mol. The summed E-state index contributed by atoms with van der Waals surface area (Å²) >= 11 is 0. The van der Waals surface area contributed by atoms with Gasteiger partial charge >= 0.3 is 11.8 Å². The molecule has 2 aromatic rings. The van der Waals surface area contributed by atoms with Crippen LogP contribution in [0.2, 0.25) is 0 Å². The van der Waals surface area contributed by atoms with Crippen molar-refractivity contribution >= 4 is 23.7 Å². The minimum Gasteiger partial charge on any atom is -0.317 e. The standard InChI is InChI=1S/C19H21N3O2/c1-3-15-11-8-12-16(4-2)17(15)21-18(23)19(24)22-20-13-14-9-6-5-7-10-14/h5-13H,3-4H2,1-2H3,(H,21,23)(H,22,24)/b20-13-. The van der Waals surface area contributed by atoms with Crippen LogP contribution in [0.4, 0.5) is 5.69 Å². The van der Waals surface area contributed by atoms with Crippen LogP contribution < -0.4 is 10.7 Å². The van der Waals surface area contributed by atoms with Gasteiger partial charge in [-0.05, 0) is 29.5 Å². The zero-order valence-corrected chi connectivity index (χ0v) is 13.9. The molecule has 2 amide bonds. The Morgan fingerprint density at radius 3 is 2.12 bits per heavy atom. The van der Waals surface area contributed by atoms with Crippen LogP contribution in [0.15, 0.2) is 53.6 Å². The second kappa shape index (κ2) is 8.62. The van der Waals surface area contributed by atoms with Crippen LogP contribution in [-0.4, -0.2) is 18.0 Å². The van der Waals surface area contributed by atoms with Gasteiger partial charge in [-0.25, -0.2) is 5.43 Å². The highest BCUT2D eigenvalue weighted by Gasteiger charge is 2.16. The van der Waals surface area contributed by atoms with Gasteiger partial charge in [0.15, 0.2) is 0 Å². The SMILES string of the molecule is CCc1cccc(CC)c1NC(=O)C(=O)N/N=C\c1ccccc1. The van der Waals surface area contributed by atoms with Gasteiger partial charge < -0.3 is 5.32 Å². The molecule has 124 valence electrons. The monoisotopic (exact) mass is 323 g/mol. The fourth-order valence-corrected chi connectivity index (χ4v) is 2.33. The zero-order chi connectivity index (χ0) is 17.4. The Kier molecular flexibility index (Phi) is 6.25. The van der Waals surface area contributed by atoms with Crippen molar-refractivity contribution in [2.24, 2.45) is 5.10 Å². The molecule has 5 heteroatoms. The van der Waals surface area contributed by atoms with Crippen molar-refractivity contribution in [2.75, 3.05) is 5.32 Å². The summed E-state index contributed by atoms with van der Waals surface area (Å²) in [5.74, 6) is -1.52. The predicted octanol–water partition coefficient (Wildman–Crippen LogP) is 2.90. The molecule has 5 nitrogen and oxygen atoms in total. The topological polar surface area (TPSA) is 70.6 Å². The number of hydrogen-bond donors (Lipinski definition) is 2. The molecule has 2 N–H and O–H groups in total. The van der Waals surface area contributed by atoms with E-state index in [0.717, 1.165) is 35.2 Å². The smallest absolute Gasteiger partial charge is 0.317 e. The molecule has 0 aliphatic heterocycles. The van der Waals surface area contributed by atoms with Crippen molar-refractivity contribution in [3.05, 3.63) is 65.2 Å². The normalized spacial score (nSPS) is 10.6. The summed E-state index contributed by atoms with van der Waals surface area (Å²) in [6.07, 6.45) is 3.04. The molecule has 0 aliphatic carbocycles. The number of nitrogens with one attached hydrogen (secondary N) is 2. The Morgan fingerprint density at radius 2 is 1.54 bits per heavy atom. The molecule has 0 spiro atoms. The summed E-state index contributed by atoms with van der Waals surface area (Å²) in [5, 5.41) is 6.51. The molecular formula is C19H21N3O2. The highest BCUT2D eigenvalue weighted by molar-refractivity contribution is 6.39. The molecule has 0 saturated carbocycles. The number of para-hydroxylation sites is 1. The van der Waals surface area contributed by atoms with Gasteiger partial charge in [0, 0.05) is 5.69 Å². The van der Waals surface area contributed by atoms with Crippen LogP contribution in [-0.2, 0) is 22.4 Å². The van der Waals surface area contributed by atoms with Crippen LogP contribution in [0.3, 0.4) is 0 Å². The lowest BCUT2D eigenvalue weighted by Gasteiger charge is -2.13. The number of rotatable bonds is 5. The van der Waals surface area contributed by atoms with Crippen LogP contribution in [0, 0.1) is 0 Å². The lowest BCUT2D eigenvalue weighted by molar-refractivity contribution is -0.136. The number of benzene rings is 2. The first kappa shape index (κ1) is 17.4. The largest absolute Gasteiger partial charge is 0.329 e. The Labute approximate surface area is 141 Å². The third-order valence-electron chi connectivity index (χ3n) is 3.62. The number of anilines is 1. The van der Waals surface area contributed by atoms with E-state index in [0.29, 0.717) is 0 Å². The van der Waals surface area contributed by atoms with Crippen LogP contribution in [0.25, 0.3) is 0 Å². The molecule has 0 heterocycles. The summed E-state index contributed by atoms with van der Waals surface area (Å²) in [6.45, 7) is 4.02. The molecule has 2 rings (SSSR count). The molecule has 2 aromatic carbocycles. The van der Waals surface area contributed by atoms with Crippen molar-refractivity contribution in [1.29, 1.82) is 0 Å². The number of nitrogens with zero attached hydrogens (tertiary/aromatic N) is 1. The number of amides is 2. The summed E-state index contributed by atoms with van der Waals surface area (Å²) in [6, 6.07) is 15.2. The molecule has 0 unspecified atom stereocenters. The first-order valence-corrected chi connectivity index (χ1v) is 7.95. The fraction of sp³-hybridized carbons (Fsp3) is 0.211. The summed E-state index contributed by atoms with van der Waals surface area (Å²) in [4.78, 5) is 24.0. The van der Waals surface area contributed by atoms with Gasteiger partial charge in [-0.2, -0.15) is 5.10 Å². The van der Waals surface area contributed by atoms with Gasteiger partial charge in [0.1, 0.15) is 0 Å². The lowest BCUT2D eigenvalue weighted by Crippen LogP contribution is -2.33. The van der Waals surface area contributed by atoms with Gasteiger partial charge in [0.05, 0.1) is 6.21 Å². The Hall–Kier alpha value is -2.95. The summed E-state index contributed by atoms with van der Waals surface area (Å²) in [5.41, 5.74) is 5.80. The van der Waals surface area contributed by atoms with E-state index in [1.165, 1.54) is 6.21 Å². The second-order valence-corrected chi connectivity index (χ2v) is 5.22. The summed E-state index contributed by atoms with van der Waals surface area (Å²) in [7, 11) is 0. The van der Waals surface area contributed by atoms with Crippen molar-refractivity contribution < 1.29 is 9.59 Å². The number of hydrogen-bond acceptors (Lipinski definition) is 3. The van der Waals surface area contributed by atoms with Gasteiger partial charge in [-0.3, -0.25) is 9.59 Å². The molecule has 0 fully saturated rings. The van der Waals surface area contributed by atoms with E-state index in [-0.39, 0.29) is 0 Å². The first-order chi connectivity index (χ1) is 11.7. The molecule has 0 atom stereocenters. The van der Waals surface area contributed by atoms with Gasteiger partial charge in [0.25, 0.3) is 0 Å². The van der Waals surface area contributed by atoms with E-state index < -0.39 is 11.8 Å². The van der Waals surface area contributed by atoms with E-state index >= 15 is 0 Å². The van der Waals surface area contributed by atoms with Gasteiger partial charge in [-0.15, -0.1) is 0 Å². The Balaban J connectivity index is 2.02. The van der Waals surface area contributed by atoms with E-state index in [1.54, 1.807) is 0 Å². The van der Waals surface area contributed by atoms with Gasteiger partial charge in [-0.1, -0.05) is 62.4 Å². The number of aryl methyl sites for hydroxylation is 2. The number of hydrazone groups is 1. The Morgan fingerprint density at radius 1 is 0.917 bits per heavy atom. The minimum atomic E-state index is -0.796. The lowest BCUT2D eigenvalue weighted by atomic mass is 10.0. The quantitative estimate of drug-likeness (QED) is 0.504. The maximum absolute atomic E-state index is 12.1. The highest BCUT2D eigenvalue weighted by atomic mass is 16.2. The van der Waals surface area contributed by atoms with Crippen molar-refractivity contribution in [1.82, 2.24) is 5.43 Å². The van der Waals surface area contributed by atoms with Crippen molar-refractivity contribution in [2.45, 2.75) is 26.7 Å². The van der Waals surface area contributed by atoms with E-state index in [2.05, 4.69) is 15.8 Å². The molecule has 0 bridgehead atoms. The van der Waals surface area contributed by atoms with E-state index in [4.69, 9.17) is 0 Å². The van der Waals surface area contributed by atoms with Crippen LogP contribution >= 0.6 is 0 Å². The van der Waals surface area contributed by atoms with Crippen LogP contribution in [0.1, 0.15) is 30.5 Å². The fourth-order valence-electron chi connectivity index (χ4n) is 2.33. The van der Waals surface area contributed by atoms with Gasteiger partial charge in [0.2, 0.25) is 0 Å². The third-order valence-corrected chi connectivity index (χ3v) is 3.62. The molecule has 24 heavy (non-hydrogen) atoms. The van der Waals surface area contributed by atoms with Crippen LogP contribution in [0.5, 0.6) is 0 Å². The van der Waals surface area contributed by atoms with Crippen molar-refractivity contribution in [3.8, 4) is 0 Å². The first-order valence-electron chi connectivity index (χ1n) is 7.95. The van der Waals surface area contributed by atoms with E-state index in [1.807, 2.05) is 62.4 Å². The number of carbonyl (C=O) groups is 2. The maximum Gasteiger partial charge on any atom is 0.329 e. The molecular weight excluding hydrogens is 302 g/mol. The molecule has 0 radical (unpaired) electrons. The maximum atomic E-state index is 12.1. The third kappa shape index (κ3) is 4.52. The van der Waals surface area contributed by atoms with Crippen molar-refractivity contribution in [3.63, 3.8) is 0 Å². The molecule has 0 saturated heterocycles. The summed E-state index contributed by atoms with van der Waals surface area (Å²) < 4.78 is 0. The highest BCUT2D eigenvalue weighted by Crippen LogP contribution is 2.22.